The molecule has 2 rings (SSSR count). The van der Waals surface area contributed by atoms with E-state index in [9.17, 15) is 4.79 Å². The summed E-state index contributed by atoms with van der Waals surface area (Å²) in [7, 11) is 0. The van der Waals surface area contributed by atoms with Gasteiger partial charge < -0.3 is 5.32 Å². The Morgan fingerprint density at radius 1 is 1.58 bits per heavy atom. The van der Waals surface area contributed by atoms with Gasteiger partial charge in [0.1, 0.15) is 6.04 Å². The summed E-state index contributed by atoms with van der Waals surface area (Å²) in [5, 5.41) is 11.3. The van der Waals surface area contributed by atoms with Crippen molar-refractivity contribution in [1.82, 2.24) is 24.9 Å². The molecule has 0 aliphatic heterocycles. The van der Waals surface area contributed by atoms with Crippen LogP contribution in [0.15, 0.2) is 29.1 Å². The highest BCUT2D eigenvalue weighted by molar-refractivity contribution is 9.10. The third-order valence-corrected chi connectivity index (χ3v) is 3.22. The van der Waals surface area contributed by atoms with Crippen molar-refractivity contribution in [2.24, 2.45) is 0 Å². The number of carbonyl (C=O) groups excluding carboxylic acids is 1. The summed E-state index contributed by atoms with van der Waals surface area (Å²) in [6, 6.07) is 1.55. The first kappa shape index (κ1) is 13.8. The minimum atomic E-state index is -0.348. The van der Waals surface area contributed by atoms with Crippen LogP contribution >= 0.6 is 15.9 Å². The minimum absolute atomic E-state index is 0.0818. The molecule has 0 radical (unpaired) electrons. The minimum Gasteiger partial charge on any atom is -0.349 e. The second kappa shape index (κ2) is 6.01. The Balaban J connectivity index is 1.90. The lowest BCUT2D eigenvalue weighted by molar-refractivity contribution is -0.124. The van der Waals surface area contributed by atoms with Crippen molar-refractivity contribution < 1.29 is 4.79 Å². The second-order valence-corrected chi connectivity index (χ2v) is 5.11. The second-order valence-electron chi connectivity index (χ2n) is 4.20. The van der Waals surface area contributed by atoms with Crippen molar-refractivity contribution >= 4 is 21.8 Å². The highest BCUT2D eigenvalue weighted by Gasteiger charge is 2.15. The predicted octanol–water partition coefficient (Wildman–Crippen LogP) is 1.74. The SMILES string of the molecule is CCn1ccc(CNC(=O)C(C)n2cc(Br)cn2)n1. The molecule has 2 aromatic rings. The van der Waals surface area contributed by atoms with Crippen LogP contribution in [0.2, 0.25) is 0 Å². The molecular formula is C12H16BrN5O. The maximum absolute atomic E-state index is 12.0. The predicted molar refractivity (Wildman–Crippen MR) is 74.4 cm³/mol. The smallest absolute Gasteiger partial charge is 0.244 e. The summed E-state index contributed by atoms with van der Waals surface area (Å²) in [6.45, 7) is 5.08. The van der Waals surface area contributed by atoms with E-state index in [0.717, 1.165) is 16.7 Å². The number of amides is 1. The lowest BCUT2D eigenvalue weighted by Crippen LogP contribution is -2.31. The van der Waals surface area contributed by atoms with E-state index in [4.69, 9.17) is 0 Å². The largest absolute Gasteiger partial charge is 0.349 e. The van der Waals surface area contributed by atoms with Gasteiger partial charge in [-0.3, -0.25) is 14.2 Å². The Morgan fingerprint density at radius 2 is 2.37 bits per heavy atom. The molecule has 0 aliphatic rings. The summed E-state index contributed by atoms with van der Waals surface area (Å²) in [6.07, 6.45) is 5.33. The zero-order valence-corrected chi connectivity index (χ0v) is 12.5. The van der Waals surface area contributed by atoms with Crippen molar-refractivity contribution in [3.05, 3.63) is 34.8 Å². The van der Waals surface area contributed by atoms with Crippen molar-refractivity contribution in [3.8, 4) is 0 Å². The number of nitrogens with zero attached hydrogens (tertiary/aromatic N) is 4. The third-order valence-electron chi connectivity index (χ3n) is 2.81. The first-order valence-electron chi connectivity index (χ1n) is 6.10. The van der Waals surface area contributed by atoms with E-state index in [-0.39, 0.29) is 11.9 Å². The summed E-state index contributed by atoms with van der Waals surface area (Å²) in [5.74, 6) is -0.0818. The summed E-state index contributed by atoms with van der Waals surface area (Å²) < 4.78 is 4.30. The van der Waals surface area contributed by atoms with Gasteiger partial charge in [-0.1, -0.05) is 0 Å². The number of aromatic nitrogens is 4. The standard InChI is InChI=1S/C12H16BrN5O/c1-3-17-5-4-11(16-17)7-14-12(19)9(2)18-8-10(13)6-15-18/h4-6,8-9H,3,7H2,1-2H3,(H,14,19). The Kier molecular flexibility index (Phi) is 4.36. The normalized spacial score (nSPS) is 12.4. The molecule has 2 heterocycles. The van der Waals surface area contributed by atoms with Gasteiger partial charge in [-0.15, -0.1) is 0 Å². The quantitative estimate of drug-likeness (QED) is 0.910. The molecule has 1 unspecified atom stereocenters. The van der Waals surface area contributed by atoms with Crippen LogP contribution in [-0.2, 0) is 17.9 Å². The van der Waals surface area contributed by atoms with Gasteiger partial charge in [-0.25, -0.2) is 0 Å². The number of aryl methyl sites for hydroxylation is 1. The van der Waals surface area contributed by atoms with Gasteiger partial charge in [0.15, 0.2) is 0 Å². The first-order chi connectivity index (χ1) is 9.10. The molecule has 1 amide bonds. The molecule has 0 saturated heterocycles. The topological polar surface area (TPSA) is 64.7 Å². The van der Waals surface area contributed by atoms with Crippen LogP contribution in [0.3, 0.4) is 0 Å². The molecule has 2 aromatic heterocycles. The van der Waals surface area contributed by atoms with Crippen molar-refractivity contribution in [2.45, 2.75) is 33.0 Å². The number of halogens is 1. The molecular weight excluding hydrogens is 310 g/mol. The van der Waals surface area contributed by atoms with E-state index in [1.54, 1.807) is 24.0 Å². The molecule has 1 N–H and O–H groups in total. The van der Waals surface area contributed by atoms with E-state index in [1.165, 1.54) is 0 Å². The molecule has 0 spiro atoms. The molecule has 0 saturated carbocycles. The van der Waals surface area contributed by atoms with Crippen LogP contribution in [0.4, 0.5) is 0 Å². The summed E-state index contributed by atoms with van der Waals surface area (Å²) in [5.41, 5.74) is 0.851. The molecule has 0 fully saturated rings. The van der Waals surface area contributed by atoms with Gasteiger partial charge in [-0.05, 0) is 35.8 Å². The summed E-state index contributed by atoms with van der Waals surface area (Å²) >= 11 is 3.31. The number of hydrogen-bond donors (Lipinski definition) is 1. The molecule has 7 heteroatoms. The zero-order chi connectivity index (χ0) is 13.8. The Morgan fingerprint density at radius 3 is 2.95 bits per heavy atom. The molecule has 0 bridgehead atoms. The molecule has 0 aliphatic carbocycles. The Hall–Kier alpha value is -1.63. The fourth-order valence-corrected chi connectivity index (χ4v) is 1.95. The lowest BCUT2D eigenvalue weighted by atomic mass is 10.3. The molecule has 0 aromatic carbocycles. The molecule has 6 nitrogen and oxygen atoms in total. The zero-order valence-electron chi connectivity index (χ0n) is 10.9. The lowest BCUT2D eigenvalue weighted by Gasteiger charge is -2.11. The summed E-state index contributed by atoms with van der Waals surface area (Å²) in [4.78, 5) is 12.0. The number of nitrogens with one attached hydrogen (secondary N) is 1. The number of carbonyl (C=O) groups is 1. The van der Waals surface area contributed by atoms with Crippen molar-refractivity contribution in [2.75, 3.05) is 0 Å². The fraction of sp³-hybridized carbons (Fsp3) is 0.417. The van der Waals surface area contributed by atoms with Crippen LogP contribution < -0.4 is 5.32 Å². The van der Waals surface area contributed by atoms with Crippen LogP contribution in [-0.4, -0.2) is 25.5 Å². The first-order valence-corrected chi connectivity index (χ1v) is 6.89. The van der Waals surface area contributed by atoms with Gasteiger partial charge in [0, 0.05) is 18.9 Å². The molecule has 1 atom stereocenters. The maximum Gasteiger partial charge on any atom is 0.244 e. The van der Waals surface area contributed by atoms with Gasteiger partial charge >= 0.3 is 0 Å². The van der Waals surface area contributed by atoms with Crippen molar-refractivity contribution in [1.29, 1.82) is 0 Å². The van der Waals surface area contributed by atoms with Gasteiger partial charge in [-0.2, -0.15) is 10.2 Å². The van der Waals surface area contributed by atoms with Crippen molar-refractivity contribution in [3.63, 3.8) is 0 Å². The van der Waals surface area contributed by atoms with Crippen LogP contribution in [0.25, 0.3) is 0 Å². The Bertz CT molecular complexity index is 562. The molecule has 19 heavy (non-hydrogen) atoms. The van der Waals surface area contributed by atoms with Crippen LogP contribution in [0.5, 0.6) is 0 Å². The third kappa shape index (κ3) is 3.44. The van der Waals surface area contributed by atoms with Gasteiger partial charge in [0.05, 0.1) is 22.9 Å². The highest BCUT2D eigenvalue weighted by Crippen LogP contribution is 2.11. The average Bonchev–Trinajstić information content (AvgIpc) is 3.03. The fourth-order valence-electron chi connectivity index (χ4n) is 1.65. The van der Waals surface area contributed by atoms with Crippen LogP contribution in [0.1, 0.15) is 25.6 Å². The van der Waals surface area contributed by atoms with Gasteiger partial charge in [0.25, 0.3) is 0 Å². The highest BCUT2D eigenvalue weighted by atomic mass is 79.9. The Labute approximate surface area is 119 Å². The van der Waals surface area contributed by atoms with E-state index < -0.39 is 0 Å². The van der Waals surface area contributed by atoms with E-state index in [2.05, 4.69) is 31.4 Å². The number of rotatable bonds is 5. The maximum atomic E-state index is 12.0. The van der Waals surface area contributed by atoms with E-state index >= 15 is 0 Å². The molecule has 102 valence electrons. The monoisotopic (exact) mass is 325 g/mol. The van der Waals surface area contributed by atoms with E-state index in [1.807, 2.05) is 23.9 Å². The van der Waals surface area contributed by atoms with Crippen LogP contribution in [0, 0.1) is 0 Å². The van der Waals surface area contributed by atoms with Gasteiger partial charge in [0.2, 0.25) is 5.91 Å². The number of hydrogen-bond acceptors (Lipinski definition) is 3. The average molecular weight is 326 g/mol. The van der Waals surface area contributed by atoms with E-state index in [0.29, 0.717) is 6.54 Å².